The van der Waals surface area contributed by atoms with Crippen LogP contribution < -0.4 is 11.3 Å². The van der Waals surface area contributed by atoms with Gasteiger partial charge >= 0.3 is 0 Å². The number of nitrogens with one attached hydrogen (secondary N) is 1. The first-order valence-electron chi connectivity index (χ1n) is 5.79. The van der Waals surface area contributed by atoms with Crippen LogP contribution in [0, 0.1) is 0 Å². The van der Waals surface area contributed by atoms with Crippen molar-refractivity contribution >= 4 is 17.6 Å². The second kappa shape index (κ2) is 7.53. The van der Waals surface area contributed by atoms with Gasteiger partial charge in [0.2, 0.25) is 0 Å². The molecule has 96 valence electrons. The summed E-state index contributed by atoms with van der Waals surface area (Å²) in [5.41, 5.74) is 3.61. The van der Waals surface area contributed by atoms with Crippen molar-refractivity contribution in [1.29, 1.82) is 0 Å². The van der Waals surface area contributed by atoms with Crippen LogP contribution in [-0.4, -0.2) is 35.0 Å². The van der Waals surface area contributed by atoms with Crippen molar-refractivity contribution in [1.82, 2.24) is 9.88 Å². The number of rotatable bonds is 7. The van der Waals surface area contributed by atoms with E-state index in [1.54, 1.807) is 0 Å². The van der Waals surface area contributed by atoms with Crippen molar-refractivity contribution in [2.75, 3.05) is 24.5 Å². The number of nitrogen functional groups attached to an aromatic ring is 1. The van der Waals surface area contributed by atoms with E-state index in [0.29, 0.717) is 11.9 Å². The van der Waals surface area contributed by atoms with Crippen LogP contribution in [0.1, 0.15) is 19.0 Å². The molecule has 0 aromatic carbocycles. The Morgan fingerprint density at radius 1 is 1.53 bits per heavy atom. The number of hydrogen-bond donors (Lipinski definition) is 2. The molecule has 0 radical (unpaired) electrons. The van der Waals surface area contributed by atoms with Gasteiger partial charge in [0.15, 0.2) is 0 Å². The van der Waals surface area contributed by atoms with Gasteiger partial charge in [-0.15, -0.1) is 0 Å². The van der Waals surface area contributed by atoms with Crippen LogP contribution in [0.5, 0.6) is 0 Å². The Balaban J connectivity index is 2.51. The van der Waals surface area contributed by atoms with Crippen LogP contribution in [0.2, 0.25) is 0 Å². The lowest BCUT2D eigenvalue weighted by molar-refractivity contribution is 0.242. The molecule has 1 atom stereocenters. The topological polar surface area (TPSA) is 54.2 Å². The summed E-state index contributed by atoms with van der Waals surface area (Å²) in [7, 11) is 2.13. The minimum atomic E-state index is 0.568. The van der Waals surface area contributed by atoms with E-state index in [-0.39, 0.29) is 0 Å². The van der Waals surface area contributed by atoms with E-state index in [2.05, 4.69) is 35.5 Å². The van der Waals surface area contributed by atoms with E-state index in [0.717, 1.165) is 12.2 Å². The zero-order valence-corrected chi connectivity index (χ0v) is 11.6. The van der Waals surface area contributed by atoms with Crippen molar-refractivity contribution < 1.29 is 0 Å². The Morgan fingerprint density at radius 3 is 2.94 bits per heavy atom. The van der Waals surface area contributed by atoms with Gasteiger partial charge in [0.1, 0.15) is 5.82 Å². The van der Waals surface area contributed by atoms with Crippen molar-refractivity contribution in [2.24, 2.45) is 5.84 Å². The van der Waals surface area contributed by atoms with Crippen LogP contribution in [-0.2, 0) is 6.54 Å². The summed E-state index contributed by atoms with van der Waals surface area (Å²) >= 11 is 1.89. The van der Waals surface area contributed by atoms with E-state index in [1.807, 2.05) is 30.0 Å². The highest BCUT2D eigenvalue weighted by Gasteiger charge is 2.09. The summed E-state index contributed by atoms with van der Waals surface area (Å²) in [6.07, 6.45) is 3.34. The molecule has 0 aliphatic carbocycles. The summed E-state index contributed by atoms with van der Waals surface area (Å²) < 4.78 is 0. The van der Waals surface area contributed by atoms with Gasteiger partial charge in [-0.2, -0.15) is 11.8 Å². The third-order valence-electron chi connectivity index (χ3n) is 2.86. The number of nitrogens with two attached hydrogens (primary N) is 1. The first-order chi connectivity index (χ1) is 8.17. The molecule has 1 unspecified atom stereocenters. The highest BCUT2D eigenvalue weighted by atomic mass is 32.2. The lowest BCUT2D eigenvalue weighted by Gasteiger charge is -2.24. The van der Waals surface area contributed by atoms with Crippen LogP contribution in [0.4, 0.5) is 5.82 Å². The molecule has 0 amide bonds. The highest BCUT2D eigenvalue weighted by Crippen LogP contribution is 2.10. The van der Waals surface area contributed by atoms with Crippen molar-refractivity contribution in [2.45, 2.75) is 25.9 Å². The molecule has 0 fully saturated rings. The maximum absolute atomic E-state index is 5.35. The number of aromatic nitrogens is 1. The Bertz CT molecular complexity index is 332. The minimum Gasteiger partial charge on any atom is -0.308 e. The lowest BCUT2D eigenvalue weighted by atomic mass is 10.2. The van der Waals surface area contributed by atoms with Crippen LogP contribution >= 0.6 is 11.8 Å². The Hall–Kier alpha value is -0.780. The average molecular weight is 254 g/mol. The van der Waals surface area contributed by atoms with Gasteiger partial charge in [0, 0.05) is 12.6 Å². The molecule has 17 heavy (non-hydrogen) atoms. The summed E-state index contributed by atoms with van der Waals surface area (Å²) in [4.78, 5) is 6.73. The molecule has 0 bridgehead atoms. The molecular formula is C12H22N4S. The van der Waals surface area contributed by atoms with Crippen LogP contribution in [0.25, 0.3) is 0 Å². The smallest absolute Gasteiger partial charge is 0.140 e. The molecule has 3 N–H and O–H groups in total. The fourth-order valence-electron chi connectivity index (χ4n) is 1.57. The fourth-order valence-corrected chi connectivity index (χ4v) is 2.15. The highest BCUT2D eigenvalue weighted by molar-refractivity contribution is 7.98. The Labute approximate surface area is 108 Å². The molecule has 0 saturated heterocycles. The molecular weight excluding hydrogens is 232 g/mol. The molecule has 1 heterocycles. The maximum atomic E-state index is 5.35. The van der Waals surface area contributed by atoms with E-state index in [4.69, 9.17) is 5.84 Å². The SMILES string of the molecule is CSCCC(C)N(C)Cc1cccc(NN)n1. The summed E-state index contributed by atoms with van der Waals surface area (Å²) in [5.74, 6) is 7.26. The minimum absolute atomic E-state index is 0.568. The van der Waals surface area contributed by atoms with Crippen molar-refractivity contribution in [3.05, 3.63) is 23.9 Å². The number of hydrazine groups is 1. The molecule has 1 rings (SSSR count). The number of anilines is 1. The van der Waals surface area contributed by atoms with Gasteiger partial charge in [-0.25, -0.2) is 10.8 Å². The summed E-state index contributed by atoms with van der Waals surface area (Å²) in [6, 6.07) is 6.43. The molecule has 0 aliphatic heterocycles. The van der Waals surface area contributed by atoms with Crippen molar-refractivity contribution in [3.8, 4) is 0 Å². The van der Waals surface area contributed by atoms with Crippen LogP contribution in [0.3, 0.4) is 0 Å². The standard InChI is InChI=1S/C12H22N4S/c1-10(7-8-17-3)16(2)9-11-5-4-6-12(14-11)15-13/h4-6,10H,7-9,13H2,1-3H3,(H,14,15). The van der Waals surface area contributed by atoms with E-state index < -0.39 is 0 Å². The third-order valence-corrected chi connectivity index (χ3v) is 3.50. The second-order valence-corrected chi connectivity index (χ2v) is 5.19. The molecule has 4 nitrogen and oxygen atoms in total. The zero-order valence-electron chi connectivity index (χ0n) is 10.8. The fraction of sp³-hybridized carbons (Fsp3) is 0.583. The summed E-state index contributed by atoms with van der Waals surface area (Å²) in [6.45, 7) is 3.10. The second-order valence-electron chi connectivity index (χ2n) is 4.20. The Kier molecular flexibility index (Phi) is 6.32. The van der Waals surface area contributed by atoms with Crippen molar-refractivity contribution in [3.63, 3.8) is 0 Å². The summed E-state index contributed by atoms with van der Waals surface area (Å²) in [5, 5.41) is 0. The van der Waals surface area contributed by atoms with Gasteiger partial charge < -0.3 is 5.43 Å². The van der Waals surface area contributed by atoms with E-state index in [9.17, 15) is 0 Å². The average Bonchev–Trinajstić information content (AvgIpc) is 2.36. The zero-order chi connectivity index (χ0) is 12.7. The molecule has 0 saturated carbocycles. The molecule has 0 aliphatic rings. The van der Waals surface area contributed by atoms with Gasteiger partial charge in [0.05, 0.1) is 5.69 Å². The van der Waals surface area contributed by atoms with E-state index in [1.165, 1.54) is 12.2 Å². The van der Waals surface area contributed by atoms with E-state index >= 15 is 0 Å². The number of nitrogens with zero attached hydrogens (tertiary/aromatic N) is 2. The third kappa shape index (κ3) is 4.93. The Morgan fingerprint density at radius 2 is 2.29 bits per heavy atom. The molecule has 1 aromatic heterocycles. The van der Waals surface area contributed by atoms with Gasteiger partial charge in [0.25, 0.3) is 0 Å². The predicted octanol–water partition coefficient (Wildman–Crippen LogP) is 1.94. The number of hydrogen-bond acceptors (Lipinski definition) is 5. The normalized spacial score (nSPS) is 12.8. The first kappa shape index (κ1) is 14.3. The maximum Gasteiger partial charge on any atom is 0.140 e. The monoisotopic (exact) mass is 254 g/mol. The molecule has 5 heteroatoms. The molecule has 0 spiro atoms. The van der Waals surface area contributed by atoms with Crippen LogP contribution in [0.15, 0.2) is 18.2 Å². The quantitative estimate of drug-likeness (QED) is 0.575. The predicted molar refractivity (Wildman–Crippen MR) is 76.0 cm³/mol. The lowest BCUT2D eigenvalue weighted by Crippen LogP contribution is -2.29. The first-order valence-corrected chi connectivity index (χ1v) is 7.18. The van der Waals surface area contributed by atoms with Gasteiger partial charge in [-0.1, -0.05) is 6.07 Å². The van der Waals surface area contributed by atoms with Gasteiger partial charge in [-0.3, -0.25) is 4.90 Å². The number of thioether (sulfide) groups is 1. The largest absolute Gasteiger partial charge is 0.308 e. The molecule has 1 aromatic rings. The van der Waals surface area contributed by atoms with Gasteiger partial charge in [-0.05, 0) is 44.5 Å². The number of pyridine rings is 1.